The van der Waals surface area contributed by atoms with Crippen LogP contribution in [0.5, 0.6) is 0 Å². The lowest BCUT2D eigenvalue weighted by Gasteiger charge is -2.28. The van der Waals surface area contributed by atoms with E-state index in [1.54, 1.807) is 0 Å². The maximum absolute atomic E-state index is 12.3. The molecule has 19 heavy (non-hydrogen) atoms. The van der Waals surface area contributed by atoms with Crippen molar-refractivity contribution < 1.29 is 14.3 Å². The SMILES string of the molecule is COC(=O)CN(CC(=O)N1CCCCCC1)C(C)C. The van der Waals surface area contributed by atoms with Crippen molar-refractivity contribution in [2.45, 2.75) is 45.6 Å². The molecule has 0 saturated carbocycles. The van der Waals surface area contributed by atoms with Gasteiger partial charge in [-0.1, -0.05) is 12.8 Å². The fourth-order valence-corrected chi connectivity index (χ4v) is 2.25. The Morgan fingerprint density at radius 2 is 1.68 bits per heavy atom. The van der Waals surface area contributed by atoms with Gasteiger partial charge < -0.3 is 9.64 Å². The smallest absolute Gasteiger partial charge is 0.319 e. The van der Waals surface area contributed by atoms with Crippen molar-refractivity contribution in [2.75, 3.05) is 33.3 Å². The molecule has 0 aromatic carbocycles. The number of carbonyl (C=O) groups is 2. The van der Waals surface area contributed by atoms with Gasteiger partial charge in [0.05, 0.1) is 20.2 Å². The van der Waals surface area contributed by atoms with Crippen LogP contribution in [0.15, 0.2) is 0 Å². The Kier molecular flexibility index (Phi) is 6.84. The van der Waals surface area contributed by atoms with Crippen molar-refractivity contribution >= 4 is 11.9 Å². The molecule has 1 rings (SSSR count). The van der Waals surface area contributed by atoms with E-state index in [1.165, 1.54) is 20.0 Å². The van der Waals surface area contributed by atoms with E-state index in [1.807, 2.05) is 23.6 Å². The number of esters is 1. The van der Waals surface area contributed by atoms with Gasteiger partial charge in [-0.2, -0.15) is 0 Å². The lowest BCUT2D eigenvalue weighted by Crippen LogP contribution is -2.45. The third kappa shape index (κ3) is 5.59. The highest BCUT2D eigenvalue weighted by Gasteiger charge is 2.22. The van der Waals surface area contributed by atoms with Crippen LogP contribution in [0, 0.1) is 0 Å². The van der Waals surface area contributed by atoms with E-state index in [9.17, 15) is 9.59 Å². The molecule has 0 spiro atoms. The van der Waals surface area contributed by atoms with E-state index in [0.717, 1.165) is 25.9 Å². The maximum atomic E-state index is 12.3. The average Bonchev–Trinajstić information content (AvgIpc) is 2.66. The summed E-state index contributed by atoms with van der Waals surface area (Å²) in [6.07, 6.45) is 4.59. The first-order valence-corrected chi connectivity index (χ1v) is 7.13. The minimum absolute atomic E-state index is 0.125. The first-order valence-electron chi connectivity index (χ1n) is 7.13. The molecule has 0 aromatic heterocycles. The Morgan fingerprint density at radius 3 is 2.16 bits per heavy atom. The van der Waals surface area contributed by atoms with E-state index in [4.69, 9.17) is 0 Å². The van der Waals surface area contributed by atoms with Crippen LogP contribution in [0.2, 0.25) is 0 Å². The fraction of sp³-hybridized carbons (Fsp3) is 0.857. The number of nitrogens with zero attached hydrogens (tertiary/aromatic N) is 2. The molecule has 0 aromatic rings. The number of ether oxygens (including phenoxy) is 1. The zero-order valence-corrected chi connectivity index (χ0v) is 12.4. The van der Waals surface area contributed by atoms with Gasteiger partial charge in [0.15, 0.2) is 0 Å². The van der Waals surface area contributed by atoms with Crippen molar-refractivity contribution in [3.8, 4) is 0 Å². The predicted octanol–water partition coefficient (Wildman–Crippen LogP) is 1.27. The standard InChI is InChI=1S/C14H26N2O3/c1-12(2)16(11-14(18)19-3)10-13(17)15-8-6-4-5-7-9-15/h12H,4-11H2,1-3H3. The number of hydrogen-bond donors (Lipinski definition) is 0. The van der Waals surface area contributed by atoms with E-state index in [2.05, 4.69) is 4.74 Å². The molecular formula is C14H26N2O3. The topological polar surface area (TPSA) is 49.9 Å². The van der Waals surface area contributed by atoms with Gasteiger partial charge in [-0.15, -0.1) is 0 Å². The van der Waals surface area contributed by atoms with Crippen molar-refractivity contribution in [1.82, 2.24) is 9.80 Å². The van der Waals surface area contributed by atoms with Crippen LogP contribution in [0.1, 0.15) is 39.5 Å². The highest BCUT2D eigenvalue weighted by molar-refractivity contribution is 5.79. The third-order valence-electron chi connectivity index (χ3n) is 3.59. The summed E-state index contributed by atoms with van der Waals surface area (Å²) in [5.74, 6) is -0.170. The first-order chi connectivity index (χ1) is 9.04. The van der Waals surface area contributed by atoms with Crippen molar-refractivity contribution in [3.63, 3.8) is 0 Å². The number of methoxy groups -OCH3 is 1. The Morgan fingerprint density at radius 1 is 1.11 bits per heavy atom. The van der Waals surface area contributed by atoms with Crippen molar-refractivity contribution in [2.24, 2.45) is 0 Å². The number of rotatable bonds is 5. The molecule has 0 atom stereocenters. The molecule has 5 nitrogen and oxygen atoms in total. The minimum atomic E-state index is -0.294. The van der Waals surface area contributed by atoms with Crippen molar-refractivity contribution in [3.05, 3.63) is 0 Å². The normalized spacial score (nSPS) is 16.6. The van der Waals surface area contributed by atoms with Gasteiger partial charge in [0, 0.05) is 19.1 Å². The van der Waals surface area contributed by atoms with Gasteiger partial charge in [-0.05, 0) is 26.7 Å². The lowest BCUT2D eigenvalue weighted by atomic mass is 10.2. The van der Waals surface area contributed by atoms with Crippen LogP contribution in [0.25, 0.3) is 0 Å². The summed E-state index contributed by atoms with van der Waals surface area (Å²) in [7, 11) is 1.37. The second-order valence-corrected chi connectivity index (χ2v) is 5.37. The monoisotopic (exact) mass is 270 g/mol. The molecule has 0 unspecified atom stereocenters. The molecule has 5 heteroatoms. The molecule has 0 bridgehead atoms. The maximum Gasteiger partial charge on any atom is 0.319 e. The fourth-order valence-electron chi connectivity index (χ4n) is 2.25. The van der Waals surface area contributed by atoms with Crippen LogP contribution in [-0.4, -0.2) is 61.0 Å². The largest absolute Gasteiger partial charge is 0.468 e. The van der Waals surface area contributed by atoms with Crippen LogP contribution in [0.3, 0.4) is 0 Å². The summed E-state index contributed by atoms with van der Waals surface area (Å²) in [6, 6.07) is 0.148. The summed E-state index contributed by atoms with van der Waals surface area (Å²) in [5.41, 5.74) is 0. The molecule has 0 N–H and O–H groups in total. The second kappa shape index (κ2) is 8.15. The molecule has 1 saturated heterocycles. The Balaban J connectivity index is 2.52. The van der Waals surface area contributed by atoms with Gasteiger partial charge >= 0.3 is 5.97 Å². The highest BCUT2D eigenvalue weighted by Crippen LogP contribution is 2.10. The van der Waals surface area contributed by atoms with E-state index in [0.29, 0.717) is 6.54 Å². The summed E-state index contributed by atoms with van der Waals surface area (Å²) < 4.78 is 4.67. The van der Waals surface area contributed by atoms with Crippen LogP contribution < -0.4 is 0 Å². The number of hydrogen-bond acceptors (Lipinski definition) is 4. The molecule has 0 radical (unpaired) electrons. The van der Waals surface area contributed by atoms with Gasteiger partial charge in [0.2, 0.25) is 5.91 Å². The average molecular weight is 270 g/mol. The van der Waals surface area contributed by atoms with Crippen LogP contribution in [0.4, 0.5) is 0 Å². The molecule has 0 aliphatic carbocycles. The highest BCUT2D eigenvalue weighted by atomic mass is 16.5. The number of carbonyl (C=O) groups excluding carboxylic acids is 2. The van der Waals surface area contributed by atoms with Crippen LogP contribution >= 0.6 is 0 Å². The predicted molar refractivity (Wildman–Crippen MR) is 73.8 cm³/mol. The summed E-state index contributed by atoms with van der Waals surface area (Å²) in [5, 5.41) is 0. The summed E-state index contributed by atoms with van der Waals surface area (Å²) in [6.45, 7) is 6.14. The zero-order chi connectivity index (χ0) is 14.3. The van der Waals surface area contributed by atoms with Gasteiger partial charge in [0.25, 0.3) is 0 Å². The lowest BCUT2D eigenvalue weighted by molar-refractivity contribution is -0.143. The Hall–Kier alpha value is -1.10. The Bertz CT molecular complexity index is 297. The van der Waals surface area contributed by atoms with E-state index in [-0.39, 0.29) is 24.5 Å². The van der Waals surface area contributed by atoms with Gasteiger partial charge in [-0.3, -0.25) is 14.5 Å². The van der Waals surface area contributed by atoms with E-state index < -0.39 is 0 Å². The molecule has 1 aliphatic heterocycles. The molecule has 1 heterocycles. The summed E-state index contributed by atoms with van der Waals surface area (Å²) in [4.78, 5) is 27.4. The molecular weight excluding hydrogens is 244 g/mol. The quantitative estimate of drug-likeness (QED) is 0.706. The molecule has 1 fully saturated rings. The van der Waals surface area contributed by atoms with Crippen LogP contribution in [-0.2, 0) is 14.3 Å². The van der Waals surface area contributed by atoms with Crippen molar-refractivity contribution in [1.29, 1.82) is 0 Å². The number of amides is 1. The van der Waals surface area contributed by atoms with E-state index >= 15 is 0 Å². The number of likely N-dealkylation sites (tertiary alicyclic amines) is 1. The molecule has 110 valence electrons. The second-order valence-electron chi connectivity index (χ2n) is 5.37. The third-order valence-corrected chi connectivity index (χ3v) is 3.59. The molecule has 1 amide bonds. The first kappa shape index (κ1) is 16.0. The van der Waals surface area contributed by atoms with Gasteiger partial charge in [0.1, 0.15) is 0 Å². The minimum Gasteiger partial charge on any atom is -0.468 e. The summed E-state index contributed by atoms with van der Waals surface area (Å²) >= 11 is 0. The zero-order valence-electron chi connectivity index (χ0n) is 12.4. The van der Waals surface area contributed by atoms with Gasteiger partial charge in [-0.25, -0.2) is 0 Å². The Labute approximate surface area is 115 Å². The molecule has 1 aliphatic rings.